The van der Waals surface area contributed by atoms with Crippen LogP contribution in [0, 0.1) is 6.92 Å². The van der Waals surface area contributed by atoms with Gasteiger partial charge in [-0.25, -0.2) is 0 Å². The fourth-order valence-electron chi connectivity index (χ4n) is 3.16. The van der Waals surface area contributed by atoms with E-state index in [4.69, 9.17) is 4.42 Å². The van der Waals surface area contributed by atoms with Crippen molar-refractivity contribution in [1.29, 1.82) is 0 Å². The zero-order valence-corrected chi connectivity index (χ0v) is 17.3. The Morgan fingerprint density at radius 1 is 0.893 bits per heavy atom. The second kappa shape index (κ2) is 11.3. The number of carbonyl (C=O) groups excluding carboxylic acids is 2. The van der Waals surface area contributed by atoms with Gasteiger partial charge < -0.3 is 14.2 Å². The van der Waals surface area contributed by atoms with Crippen LogP contribution in [0.25, 0.3) is 0 Å². The Morgan fingerprint density at radius 2 is 1.64 bits per heavy atom. The minimum atomic E-state index is -0.0390. The molecule has 0 saturated carbocycles. The zero-order valence-electron chi connectivity index (χ0n) is 17.3. The van der Waals surface area contributed by atoms with Crippen molar-refractivity contribution in [2.24, 2.45) is 0 Å². The molecule has 0 unspecified atom stereocenters. The van der Waals surface area contributed by atoms with Crippen LogP contribution in [0.2, 0.25) is 0 Å². The summed E-state index contributed by atoms with van der Waals surface area (Å²) in [6.07, 6.45) is 2.87. The lowest BCUT2D eigenvalue weighted by molar-refractivity contribution is -0.141. The minimum Gasteiger partial charge on any atom is -0.464 e. The average molecular weight is 385 g/mol. The SMILES string of the molecule is CCCC(=O)N(CCC)CC(=O)N(CCc1ccccc1)Cc1ccc(C)o1. The molecule has 0 aliphatic rings. The summed E-state index contributed by atoms with van der Waals surface area (Å²) in [6.45, 7) is 7.64. The summed E-state index contributed by atoms with van der Waals surface area (Å²) in [5.41, 5.74) is 1.18. The summed E-state index contributed by atoms with van der Waals surface area (Å²) in [7, 11) is 0. The van der Waals surface area contributed by atoms with E-state index in [1.807, 2.05) is 51.1 Å². The molecule has 2 rings (SSSR count). The van der Waals surface area contributed by atoms with Gasteiger partial charge in [0.2, 0.25) is 11.8 Å². The van der Waals surface area contributed by atoms with E-state index >= 15 is 0 Å². The van der Waals surface area contributed by atoms with Crippen LogP contribution in [0.3, 0.4) is 0 Å². The molecule has 0 spiro atoms. The Kier molecular flexibility index (Phi) is 8.79. The summed E-state index contributed by atoms with van der Waals surface area (Å²) in [5.74, 6) is 1.61. The van der Waals surface area contributed by atoms with Crippen LogP contribution in [-0.2, 0) is 22.6 Å². The summed E-state index contributed by atoms with van der Waals surface area (Å²) >= 11 is 0. The number of benzene rings is 1. The van der Waals surface area contributed by atoms with Gasteiger partial charge in [-0.2, -0.15) is 0 Å². The van der Waals surface area contributed by atoms with Crippen LogP contribution in [0.1, 0.15) is 50.2 Å². The monoisotopic (exact) mass is 384 g/mol. The second-order valence-corrected chi connectivity index (χ2v) is 7.13. The zero-order chi connectivity index (χ0) is 20.4. The molecule has 5 heteroatoms. The van der Waals surface area contributed by atoms with Crippen LogP contribution in [0.15, 0.2) is 46.9 Å². The van der Waals surface area contributed by atoms with Crippen LogP contribution < -0.4 is 0 Å². The highest BCUT2D eigenvalue weighted by Crippen LogP contribution is 2.12. The molecule has 0 fully saturated rings. The van der Waals surface area contributed by atoms with E-state index < -0.39 is 0 Å². The Bertz CT molecular complexity index is 739. The quantitative estimate of drug-likeness (QED) is 0.583. The first-order chi connectivity index (χ1) is 13.5. The molecule has 152 valence electrons. The first-order valence-corrected chi connectivity index (χ1v) is 10.2. The van der Waals surface area contributed by atoms with Crippen molar-refractivity contribution in [1.82, 2.24) is 9.80 Å². The van der Waals surface area contributed by atoms with E-state index in [2.05, 4.69) is 12.1 Å². The number of hydrogen-bond acceptors (Lipinski definition) is 3. The number of furan rings is 1. The molecule has 0 N–H and O–H groups in total. The normalized spacial score (nSPS) is 10.7. The lowest BCUT2D eigenvalue weighted by atomic mass is 10.1. The van der Waals surface area contributed by atoms with E-state index in [0.717, 1.165) is 30.8 Å². The molecule has 0 radical (unpaired) electrons. The topological polar surface area (TPSA) is 53.8 Å². The first-order valence-electron chi connectivity index (χ1n) is 10.2. The fourth-order valence-corrected chi connectivity index (χ4v) is 3.16. The largest absolute Gasteiger partial charge is 0.464 e. The van der Waals surface area contributed by atoms with Crippen molar-refractivity contribution in [2.75, 3.05) is 19.6 Å². The minimum absolute atomic E-state index is 0.0390. The summed E-state index contributed by atoms with van der Waals surface area (Å²) < 4.78 is 5.68. The fraction of sp³-hybridized carbons (Fsp3) is 0.478. The van der Waals surface area contributed by atoms with Crippen molar-refractivity contribution in [3.63, 3.8) is 0 Å². The molecular weight excluding hydrogens is 352 g/mol. The molecule has 2 amide bonds. The summed E-state index contributed by atoms with van der Waals surface area (Å²) in [5, 5.41) is 0. The van der Waals surface area contributed by atoms with Gasteiger partial charge >= 0.3 is 0 Å². The van der Waals surface area contributed by atoms with Gasteiger partial charge in [0.1, 0.15) is 11.5 Å². The van der Waals surface area contributed by atoms with Gasteiger partial charge in [0, 0.05) is 19.5 Å². The third-order valence-corrected chi connectivity index (χ3v) is 4.64. The molecule has 1 aromatic heterocycles. The first kappa shape index (κ1) is 21.7. The predicted octanol–water partition coefficient (Wildman–Crippen LogP) is 4.20. The molecule has 0 aliphatic heterocycles. The molecule has 0 saturated heterocycles. The third kappa shape index (κ3) is 6.87. The number of aryl methyl sites for hydroxylation is 1. The van der Waals surface area contributed by atoms with Gasteiger partial charge in [0.05, 0.1) is 13.1 Å². The molecule has 28 heavy (non-hydrogen) atoms. The molecule has 1 heterocycles. The van der Waals surface area contributed by atoms with Gasteiger partial charge in [-0.15, -0.1) is 0 Å². The van der Waals surface area contributed by atoms with Crippen molar-refractivity contribution in [2.45, 2.75) is 53.0 Å². The van der Waals surface area contributed by atoms with Crippen LogP contribution in [-0.4, -0.2) is 41.2 Å². The molecular formula is C23H32N2O3. The lowest BCUT2D eigenvalue weighted by Gasteiger charge is -2.27. The summed E-state index contributed by atoms with van der Waals surface area (Å²) in [6, 6.07) is 13.9. The van der Waals surface area contributed by atoms with E-state index in [-0.39, 0.29) is 18.4 Å². The maximum atomic E-state index is 13.1. The lowest BCUT2D eigenvalue weighted by Crippen LogP contribution is -2.43. The van der Waals surface area contributed by atoms with Crippen molar-refractivity contribution < 1.29 is 14.0 Å². The van der Waals surface area contributed by atoms with Crippen LogP contribution in [0.4, 0.5) is 0 Å². The van der Waals surface area contributed by atoms with E-state index in [1.54, 1.807) is 9.80 Å². The van der Waals surface area contributed by atoms with E-state index in [0.29, 0.717) is 26.1 Å². The number of nitrogens with zero attached hydrogens (tertiary/aromatic N) is 2. The van der Waals surface area contributed by atoms with Crippen molar-refractivity contribution >= 4 is 11.8 Å². The number of rotatable bonds is 11. The Labute approximate surface area is 168 Å². The van der Waals surface area contributed by atoms with Crippen molar-refractivity contribution in [3.8, 4) is 0 Å². The Balaban J connectivity index is 2.08. The number of hydrogen-bond donors (Lipinski definition) is 0. The second-order valence-electron chi connectivity index (χ2n) is 7.13. The standard InChI is InChI=1S/C23H32N2O3/c1-4-9-22(26)24(15-5-2)18-23(27)25(17-21-13-12-19(3)28-21)16-14-20-10-7-6-8-11-20/h6-8,10-13H,4-5,9,14-18H2,1-3H3. The van der Waals surface area contributed by atoms with E-state index in [1.165, 1.54) is 5.56 Å². The number of amides is 2. The third-order valence-electron chi connectivity index (χ3n) is 4.64. The number of carbonyl (C=O) groups is 2. The summed E-state index contributed by atoms with van der Waals surface area (Å²) in [4.78, 5) is 28.9. The van der Waals surface area contributed by atoms with Crippen molar-refractivity contribution in [3.05, 3.63) is 59.5 Å². The highest BCUT2D eigenvalue weighted by Gasteiger charge is 2.21. The van der Waals surface area contributed by atoms with Gasteiger partial charge in [0.25, 0.3) is 0 Å². The Morgan fingerprint density at radius 3 is 2.25 bits per heavy atom. The van der Waals surface area contributed by atoms with Gasteiger partial charge in [-0.05, 0) is 43.9 Å². The van der Waals surface area contributed by atoms with Gasteiger partial charge in [-0.3, -0.25) is 9.59 Å². The average Bonchev–Trinajstić information content (AvgIpc) is 3.10. The molecule has 0 bridgehead atoms. The molecule has 1 aromatic carbocycles. The Hall–Kier alpha value is -2.56. The highest BCUT2D eigenvalue weighted by atomic mass is 16.3. The molecule has 0 aliphatic carbocycles. The maximum absolute atomic E-state index is 13.1. The molecule has 2 aromatic rings. The maximum Gasteiger partial charge on any atom is 0.242 e. The molecule has 5 nitrogen and oxygen atoms in total. The van der Waals surface area contributed by atoms with Gasteiger partial charge in [-0.1, -0.05) is 44.2 Å². The van der Waals surface area contributed by atoms with Crippen LogP contribution in [0.5, 0.6) is 0 Å². The molecule has 0 atom stereocenters. The highest BCUT2D eigenvalue weighted by molar-refractivity contribution is 5.84. The van der Waals surface area contributed by atoms with E-state index in [9.17, 15) is 9.59 Å². The van der Waals surface area contributed by atoms with Crippen LogP contribution >= 0.6 is 0 Å². The smallest absolute Gasteiger partial charge is 0.242 e. The van der Waals surface area contributed by atoms with Gasteiger partial charge in [0.15, 0.2) is 0 Å². The predicted molar refractivity (Wildman–Crippen MR) is 111 cm³/mol.